The minimum absolute atomic E-state index is 0.0234. The average molecular weight is 181 g/mol. The molecule has 1 heterocycles. The van der Waals surface area contributed by atoms with Gasteiger partial charge in [0.2, 0.25) is 5.95 Å². The lowest BCUT2D eigenvalue weighted by atomic mass is 9.65. The first-order valence-corrected chi connectivity index (χ1v) is 4.50. The third-order valence-corrected chi connectivity index (χ3v) is 2.94. The number of hydrogen-bond acceptors (Lipinski definition) is 2. The average Bonchev–Trinajstić information content (AvgIpc) is 2.07. The number of nitrogens with zero attached hydrogens (tertiary/aromatic N) is 1. The molecule has 1 fully saturated rings. The summed E-state index contributed by atoms with van der Waals surface area (Å²) in [6, 6.07) is 3.44. The van der Waals surface area contributed by atoms with Crippen LogP contribution in [0.15, 0.2) is 18.3 Å². The summed E-state index contributed by atoms with van der Waals surface area (Å²) in [4.78, 5) is 3.60. The Bertz CT molecular complexity index is 304. The SMILES string of the molecule is OCC1(c2cccnc2F)CCC1. The molecule has 1 aliphatic carbocycles. The highest BCUT2D eigenvalue weighted by atomic mass is 19.1. The van der Waals surface area contributed by atoms with Crippen molar-refractivity contribution < 1.29 is 9.50 Å². The van der Waals surface area contributed by atoms with Crippen LogP contribution in [0, 0.1) is 5.95 Å². The van der Waals surface area contributed by atoms with Crippen LogP contribution < -0.4 is 0 Å². The second-order valence-corrected chi connectivity index (χ2v) is 3.63. The van der Waals surface area contributed by atoms with Crippen LogP contribution in [0.5, 0.6) is 0 Å². The van der Waals surface area contributed by atoms with Gasteiger partial charge in [-0.1, -0.05) is 12.5 Å². The molecule has 0 aromatic carbocycles. The van der Waals surface area contributed by atoms with Crippen LogP contribution >= 0.6 is 0 Å². The van der Waals surface area contributed by atoms with Gasteiger partial charge in [-0.2, -0.15) is 4.39 Å². The maximum Gasteiger partial charge on any atom is 0.216 e. The maximum atomic E-state index is 13.3. The van der Waals surface area contributed by atoms with Gasteiger partial charge in [-0.05, 0) is 18.9 Å². The highest BCUT2D eigenvalue weighted by molar-refractivity contribution is 5.26. The van der Waals surface area contributed by atoms with Gasteiger partial charge in [0.15, 0.2) is 0 Å². The first kappa shape index (κ1) is 8.63. The van der Waals surface area contributed by atoms with Gasteiger partial charge in [0.1, 0.15) is 0 Å². The number of pyridine rings is 1. The van der Waals surface area contributed by atoms with Crippen molar-refractivity contribution in [2.75, 3.05) is 6.61 Å². The van der Waals surface area contributed by atoms with E-state index in [1.165, 1.54) is 6.20 Å². The second kappa shape index (κ2) is 3.07. The maximum absolute atomic E-state index is 13.3. The molecule has 0 amide bonds. The number of rotatable bonds is 2. The predicted octanol–water partition coefficient (Wildman–Crippen LogP) is 1.63. The monoisotopic (exact) mass is 181 g/mol. The van der Waals surface area contributed by atoms with Crippen LogP contribution in [0.1, 0.15) is 24.8 Å². The summed E-state index contributed by atoms with van der Waals surface area (Å²) in [5.74, 6) is -0.434. The van der Waals surface area contributed by atoms with E-state index in [1.807, 2.05) is 0 Å². The zero-order valence-corrected chi connectivity index (χ0v) is 7.33. The second-order valence-electron chi connectivity index (χ2n) is 3.63. The Balaban J connectivity index is 2.38. The standard InChI is InChI=1S/C10H12FNO/c11-9-8(3-1-6-12-9)10(7-13)4-2-5-10/h1,3,6,13H,2,4-5,7H2. The summed E-state index contributed by atoms with van der Waals surface area (Å²) in [6.07, 6.45) is 4.23. The number of hydrogen-bond donors (Lipinski definition) is 1. The van der Waals surface area contributed by atoms with E-state index < -0.39 is 5.95 Å². The predicted molar refractivity (Wildman–Crippen MR) is 46.8 cm³/mol. The highest BCUT2D eigenvalue weighted by Gasteiger charge is 2.40. The number of halogens is 1. The Kier molecular flexibility index (Phi) is 2.04. The van der Waals surface area contributed by atoms with Crippen LogP contribution in [-0.4, -0.2) is 16.7 Å². The molecule has 1 N–H and O–H groups in total. The number of aromatic nitrogens is 1. The van der Waals surface area contributed by atoms with E-state index in [4.69, 9.17) is 0 Å². The normalized spacial score (nSPS) is 19.5. The first-order chi connectivity index (χ1) is 6.28. The molecule has 13 heavy (non-hydrogen) atoms. The largest absolute Gasteiger partial charge is 0.395 e. The quantitative estimate of drug-likeness (QED) is 0.703. The molecule has 0 radical (unpaired) electrons. The Morgan fingerprint density at radius 3 is 2.77 bits per heavy atom. The van der Waals surface area contributed by atoms with Gasteiger partial charge in [0.05, 0.1) is 6.61 Å². The molecule has 0 spiro atoms. The summed E-state index contributed by atoms with van der Waals surface area (Å²) in [7, 11) is 0. The van der Waals surface area contributed by atoms with Crippen LogP contribution in [0.25, 0.3) is 0 Å². The summed E-state index contributed by atoms with van der Waals surface area (Å²) < 4.78 is 13.3. The van der Waals surface area contributed by atoms with Crippen molar-refractivity contribution in [3.05, 3.63) is 29.8 Å². The van der Waals surface area contributed by atoms with Gasteiger partial charge >= 0.3 is 0 Å². The summed E-state index contributed by atoms with van der Waals surface area (Å²) in [6.45, 7) is 0.0234. The van der Waals surface area contributed by atoms with E-state index in [-0.39, 0.29) is 12.0 Å². The zero-order chi connectivity index (χ0) is 9.31. The fourth-order valence-corrected chi connectivity index (χ4v) is 1.90. The molecule has 0 aliphatic heterocycles. The fourth-order valence-electron chi connectivity index (χ4n) is 1.90. The number of aliphatic hydroxyl groups excluding tert-OH is 1. The summed E-state index contributed by atoms with van der Waals surface area (Å²) in [5.41, 5.74) is 0.238. The molecule has 2 rings (SSSR count). The van der Waals surface area contributed by atoms with Crippen LogP contribution in [-0.2, 0) is 5.41 Å². The summed E-state index contributed by atoms with van der Waals surface area (Å²) >= 11 is 0. The fraction of sp³-hybridized carbons (Fsp3) is 0.500. The molecule has 0 saturated heterocycles. The topological polar surface area (TPSA) is 33.1 Å². The first-order valence-electron chi connectivity index (χ1n) is 4.50. The lowest BCUT2D eigenvalue weighted by Crippen LogP contribution is -2.38. The van der Waals surface area contributed by atoms with Crippen LogP contribution in [0.3, 0.4) is 0 Å². The molecule has 0 atom stereocenters. The van der Waals surface area contributed by atoms with E-state index >= 15 is 0 Å². The number of aliphatic hydroxyl groups is 1. The molecule has 2 nitrogen and oxygen atoms in total. The van der Waals surface area contributed by atoms with E-state index in [2.05, 4.69) is 4.98 Å². The molecule has 3 heteroatoms. The van der Waals surface area contributed by atoms with Crippen molar-refractivity contribution >= 4 is 0 Å². The van der Waals surface area contributed by atoms with E-state index in [9.17, 15) is 9.50 Å². The minimum Gasteiger partial charge on any atom is -0.395 e. The molecule has 1 aliphatic rings. The van der Waals surface area contributed by atoms with Gasteiger partial charge in [-0.3, -0.25) is 0 Å². The molecule has 1 aromatic rings. The van der Waals surface area contributed by atoms with Crippen molar-refractivity contribution in [3.8, 4) is 0 Å². The van der Waals surface area contributed by atoms with E-state index in [1.54, 1.807) is 12.1 Å². The molecule has 0 unspecified atom stereocenters. The van der Waals surface area contributed by atoms with Gasteiger partial charge in [0.25, 0.3) is 0 Å². The van der Waals surface area contributed by atoms with E-state index in [0.717, 1.165) is 19.3 Å². The highest BCUT2D eigenvalue weighted by Crippen LogP contribution is 2.43. The molecule has 1 aromatic heterocycles. The zero-order valence-electron chi connectivity index (χ0n) is 7.33. The third kappa shape index (κ3) is 1.23. The Morgan fingerprint density at radius 1 is 1.54 bits per heavy atom. The summed E-state index contributed by atoms with van der Waals surface area (Å²) in [5, 5.41) is 9.22. The molecule has 70 valence electrons. The lowest BCUT2D eigenvalue weighted by molar-refractivity contribution is 0.116. The molecule has 0 bridgehead atoms. The van der Waals surface area contributed by atoms with Gasteiger partial charge in [-0.25, -0.2) is 4.98 Å². The minimum atomic E-state index is -0.434. The van der Waals surface area contributed by atoms with E-state index in [0.29, 0.717) is 5.56 Å². The van der Waals surface area contributed by atoms with Crippen LogP contribution in [0.2, 0.25) is 0 Å². The lowest BCUT2D eigenvalue weighted by Gasteiger charge is -2.40. The van der Waals surface area contributed by atoms with Crippen molar-refractivity contribution in [1.82, 2.24) is 4.98 Å². The van der Waals surface area contributed by atoms with Crippen molar-refractivity contribution in [1.29, 1.82) is 0 Å². The Hall–Kier alpha value is -0.960. The Labute approximate surface area is 76.4 Å². The molecule has 1 saturated carbocycles. The van der Waals surface area contributed by atoms with Gasteiger partial charge in [-0.15, -0.1) is 0 Å². The van der Waals surface area contributed by atoms with Crippen molar-refractivity contribution in [2.24, 2.45) is 0 Å². The van der Waals surface area contributed by atoms with Gasteiger partial charge < -0.3 is 5.11 Å². The van der Waals surface area contributed by atoms with Crippen LogP contribution in [0.4, 0.5) is 4.39 Å². The smallest absolute Gasteiger partial charge is 0.216 e. The Morgan fingerprint density at radius 2 is 2.31 bits per heavy atom. The van der Waals surface area contributed by atoms with Crippen molar-refractivity contribution in [3.63, 3.8) is 0 Å². The van der Waals surface area contributed by atoms with Crippen molar-refractivity contribution in [2.45, 2.75) is 24.7 Å². The molecular weight excluding hydrogens is 169 g/mol. The third-order valence-electron chi connectivity index (χ3n) is 2.94. The molecular formula is C10H12FNO. The van der Waals surface area contributed by atoms with Gasteiger partial charge in [0, 0.05) is 17.2 Å².